The van der Waals surface area contributed by atoms with Crippen LogP contribution in [0.25, 0.3) is 22.6 Å². The molecule has 33 heavy (non-hydrogen) atoms. The predicted molar refractivity (Wildman–Crippen MR) is 126 cm³/mol. The molecule has 0 aliphatic rings. The lowest BCUT2D eigenvalue weighted by Gasteiger charge is -2.12. The van der Waals surface area contributed by atoms with Crippen LogP contribution in [0.5, 0.6) is 0 Å². The Hall–Kier alpha value is -3.49. The Balaban J connectivity index is 1.47. The minimum absolute atomic E-state index is 0.00132. The van der Waals surface area contributed by atoms with Gasteiger partial charge in [0, 0.05) is 12.1 Å². The van der Waals surface area contributed by atoms with E-state index in [9.17, 15) is 18.3 Å². The summed E-state index contributed by atoms with van der Waals surface area (Å²) in [4.78, 5) is 16.0. The van der Waals surface area contributed by atoms with Crippen LogP contribution in [-0.2, 0) is 16.4 Å². The summed E-state index contributed by atoms with van der Waals surface area (Å²) in [5.74, 6) is -0.649. The first-order chi connectivity index (χ1) is 15.7. The molecule has 1 heterocycles. The van der Waals surface area contributed by atoms with E-state index in [0.29, 0.717) is 29.0 Å². The van der Waals surface area contributed by atoms with Gasteiger partial charge < -0.3 is 9.52 Å². The van der Waals surface area contributed by atoms with Gasteiger partial charge in [-0.1, -0.05) is 44.2 Å². The lowest BCUT2D eigenvalue weighted by molar-refractivity contribution is 0.0695. The highest BCUT2D eigenvalue weighted by Gasteiger charge is 2.20. The number of nitrogens with one attached hydrogen (secondary N) is 1. The largest absolute Gasteiger partial charge is 0.478 e. The van der Waals surface area contributed by atoms with Crippen LogP contribution in [-0.4, -0.2) is 31.0 Å². The van der Waals surface area contributed by atoms with Crippen LogP contribution in [0.3, 0.4) is 0 Å². The van der Waals surface area contributed by atoms with Gasteiger partial charge in [0.05, 0.1) is 10.5 Å². The summed E-state index contributed by atoms with van der Waals surface area (Å²) in [6.45, 7) is 3.89. The molecule has 0 saturated heterocycles. The van der Waals surface area contributed by atoms with Crippen molar-refractivity contribution in [3.63, 3.8) is 0 Å². The van der Waals surface area contributed by atoms with Crippen LogP contribution in [0.15, 0.2) is 76.0 Å². The van der Waals surface area contributed by atoms with E-state index in [1.807, 2.05) is 62.4 Å². The van der Waals surface area contributed by atoms with E-state index in [0.717, 1.165) is 11.1 Å². The number of sulfonamides is 1. The van der Waals surface area contributed by atoms with Gasteiger partial charge in [-0.2, -0.15) is 0 Å². The lowest BCUT2D eigenvalue weighted by atomic mass is 9.97. The molecule has 8 heteroatoms. The average Bonchev–Trinajstić information content (AvgIpc) is 3.22. The van der Waals surface area contributed by atoms with Crippen LogP contribution in [0.1, 0.15) is 41.3 Å². The highest BCUT2D eigenvalue weighted by molar-refractivity contribution is 7.89. The number of rotatable bonds is 8. The zero-order valence-electron chi connectivity index (χ0n) is 18.3. The minimum Gasteiger partial charge on any atom is -0.478 e. The van der Waals surface area contributed by atoms with Crippen LogP contribution < -0.4 is 4.72 Å². The van der Waals surface area contributed by atoms with Gasteiger partial charge in [-0.3, -0.25) is 0 Å². The molecule has 170 valence electrons. The Morgan fingerprint density at radius 2 is 1.82 bits per heavy atom. The Morgan fingerprint density at radius 3 is 2.52 bits per heavy atom. The van der Waals surface area contributed by atoms with Crippen molar-refractivity contribution in [1.29, 1.82) is 0 Å². The number of carbonyl (C=O) groups is 1. The van der Waals surface area contributed by atoms with Crippen molar-refractivity contribution in [3.8, 4) is 11.5 Å². The number of hydrogen-bond donors (Lipinski definition) is 2. The van der Waals surface area contributed by atoms with E-state index in [-0.39, 0.29) is 22.9 Å². The molecule has 4 rings (SSSR count). The van der Waals surface area contributed by atoms with Crippen LogP contribution in [0, 0.1) is 0 Å². The quantitative estimate of drug-likeness (QED) is 0.386. The molecule has 0 aliphatic carbocycles. The van der Waals surface area contributed by atoms with E-state index in [1.54, 1.807) is 6.07 Å². The van der Waals surface area contributed by atoms with Gasteiger partial charge >= 0.3 is 5.97 Å². The van der Waals surface area contributed by atoms with Crippen LogP contribution >= 0.6 is 0 Å². The number of aromatic nitrogens is 1. The monoisotopic (exact) mass is 464 g/mol. The molecule has 0 spiro atoms. The summed E-state index contributed by atoms with van der Waals surface area (Å²) in [6, 6.07) is 19.4. The molecule has 0 atom stereocenters. The molecule has 0 bridgehead atoms. The van der Waals surface area contributed by atoms with Crippen LogP contribution in [0.2, 0.25) is 0 Å². The van der Waals surface area contributed by atoms with E-state index >= 15 is 0 Å². The number of carboxylic acid groups (broad SMARTS) is 1. The molecule has 0 saturated carbocycles. The third-order valence-electron chi connectivity index (χ3n) is 5.37. The van der Waals surface area contributed by atoms with Crippen molar-refractivity contribution in [2.24, 2.45) is 0 Å². The fourth-order valence-electron chi connectivity index (χ4n) is 3.64. The Morgan fingerprint density at radius 1 is 1.06 bits per heavy atom. The van der Waals surface area contributed by atoms with Crippen molar-refractivity contribution >= 4 is 27.1 Å². The molecule has 2 N–H and O–H groups in total. The van der Waals surface area contributed by atoms with Gasteiger partial charge in [0.15, 0.2) is 5.58 Å². The topological polar surface area (TPSA) is 110 Å². The summed E-state index contributed by atoms with van der Waals surface area (Å²) in [5, 5.41) is 9.46. The fraction of sp³-hybridized carbons (Fsp3) is 0.200. The van der Waals surface area contributed by atoms with Crippen molar-refractivity contribution < 1.29 is 22.7 Å². The maximum Gasteiger partial charge on any atom is 0.336 e. The highest BCUT2D eigenvalue weighted by Crippen LogP contribution is 2.25. The molecule has 0 amide bonds. The van der Waals surface area contributed by atoms with Crippen molar-refractivity contribution in [2.45, 2.75) is 31.1 Å². The van der Waals surface area contributed by atoms with Gasteiger partial charge in [0.2, 0.25) is 15.9 Å². The van der Waals surface area contributed by atoms with E-state index < -0.39 is 16.0 Å². The average molecular weight is 465 g/mol. The van der Waals surface area contributed by atoms with Gasteiger partial charge in [-0.05, 0) is 59.9 Å². The second-order valence-corrected chi connectivity index (χ2v) is 9.81. The predicted octanol–water partition coefficient (Wildman–Crippen LogP) is 4.84. The number of hydrogen-bond acceptors (Lipinski definition) is 5. The SMILES string of the molecule is CC(C)c1ccc(S(=O)(=O)NCCc2ccc3oc(-c4ccccc4)nc3c2)cc1C(=O)O. The summed E-state index contributed by atoms with van der Waals surface area (Å²) < 4.78 is 33.8. The maximum absolute atomic E-state index is 12.7. The smallest absolute Gasteiger partial charge is 0.336 e. The zero-order valence-corrected chi connectivity index (χ0v) is 19.1. The third kappa shape index (κ3) is 4.97. The maximum atomic E-state index is 12.7. The number of benzene rings is 3. The van der Waals surface area contributed by atoms with Gasteiger partial charge in [-0.25, -0.2) is 22.9 Å². The van der Waals surface area contributed by atoms with Gasteiger partial charge in [0.25, 0.3) is 0 Å². The lowest BCUT2D eigenvalue weighted by Crippen LogP contribution is -2.26. The van der Waals surface area contributed by atoms with Gasteiger partial charge in [0.1, 0.15) is 5.52 Å². The summed E-state index contributed by atoms with van der Waals surface area (Å²) >= 11 is 0. The summed E-state index contributed by atoms with van der Waals surface area (Å²) in [5.41, 5.74) is 3.73. The molecule has 1 aromatic heterocycles. The first kappa shape index (κ1) is 22.7. The molecule has 0 radical (unpaired) electrons. The first-order valence-electron chi connectivity index (χ1n) is 10.6. The van der Waals surface area contributed by atoms with Gasteiger partial charge in [-0.15, -0.1) is 0 Å². The Labute approximate surface area is 192 Å². The van der Waals surface area contributed by atoms with Crippen LogP contribution in [0.4, 0.5) is 0 Å². The minimum atomic E-state index is -3.85. The van der Waals surface area contributed by atoms with E-state index in [4.69, 9.17) is 4.42 Å². The second kappa shape index (κ2) is 9.17. The molecule has 0 fully saturated rings. The van der Waals surface area contributed by atoms with E-state index in [2.05, 4.69) is 9.71 Å². The molecular weight excluding hydrogens is 440 g/mol. The van der Waals surface area contributed by atoms with E-state index in [1.165, 1.54) is 12.1 Å². The summed E-state index contributed by atoms with van der Waals surface area (Å²) in [6.07, 6.45) is 0.443. The Bertz CT molecular complexity index is 1410. The first-order valence-corrected chi connectivity index (χ1v) is 12.0. The molecule has 7 nitrogen and oxygen atoms in total. The number of oxazole rings is 1. The number of nitrogens with zero attached hydrogens (tertiary/aromatic N) is 1. The normalized spacial score (nSPS) is 11.8. The third-order valence-corrected chi connectivity index (χ3v) is 6.82. The number of fused-ring (bicyclic) bond motifs is 1. The molecule has 0 unspecified atom stereocenters. The van der Waals surface area contributed by atoms with Crippen molar-refractivity contribution in [1.82, 2.24) is 9.71 Å². The highest BCUT2D eigenvalue weighted by atomic mass is 32.2. The van der Waals surface area contributed by atoms with Crippen molar-refractivity contribution in [3.05, 3.63) is 83.4 Å². The number of aromatic carboxylic acids is 1. The Kier molecular flexibility index (Phi) is 6.31. The molecular formula is C25H24N2O5S. The number of carboxylic acids is 1. The zero-order chi connectivity index (χ0) is 23.6. The fourth-order valence-corrected chi connectivity index (χ4v) is 4.69. The van der Waals surface area contributed by atoms with Crippen molar-refractivity contribution in [2.75, 3.05) is 6.54 Å². The summed E-state index contributed by atoms with van der Waals surface area (Å²) in [7, 11) is -3.85. The molecule has 0 aliphatic heterocycles. The second-order valence-electron chi connectivity index (χ2n) is 8.04. The molecule has 4 aromatic rings. The molecule has 3 aromatic carbocycles. The standard InChI is InChI=1S/C25H24N2O5S/c1-16(2)20-10-9-19(15-21(20)25(28)29)33(30,31)26-13-12-17-8-11-23-22(14-17)27-24(32-23)18-6-4-3-5-7-18/h3-11,14-16,26H,12-13H2,1-2H3,(H,28,29).